The highest BCUT2D eigenvalue weighted by Gasteiger charge is 2.20. The molecule has 0 amide bonds. The zero-order chi connectivity index (χ0) is 11.4. The van der Waals surface area contributed by atoms with E-state index in [1.54, 1.807) is 13.0 Å². The summed E-state index contributed by atoms with van der Waals surface area (Å²) in [6.07, 6.45) is 0. The van der Waals surface area contributed by atoms with E-state index in [9.17, 15) is 9.18 Å². The molecule has 0 N–H and O–H groups in total. The van der Waals surface area contributed by atoms with Gasteiger partial charge in [-0.1, -0.05) is 0 Å². The van der Waals surface area contributed by atoms with Gasteiger partial charge in [0, 0.05) is 4.47 Å². The summed E-state index contributed by atoms with van der Waals surface area (Å²) in [7, 11) is 1.20. The SMILES string of the molecule is CCOc1ccc(Br)c(C(=O)OC)c1F. The summed E-state index contributed by atoms with van der Waals surface area (Å²) in [5.41, 5.74) is -0.150. The van der Waals surface area contributed by atoms with Gasteiger partial charge in [-0.2, -0.15) is 0 Å². The number of carbonyl (C=O) groups is 1. The predicted molar refractivity (Wildman–Crippen MR) is 56.6 cm³/mol. The summed E-state index contributed by atoms with van der Waals surface area (Å²) >= 11 is 3.08. The second kappa shape index (κ2) is 5.11. The number of hydrogen-bond donors (Lipinski definition) is 0. The molecule has 1 aromatic rings. The molecule has 0 saturated carbocycles. The van der Waals surface area contributed by atoms with E-state index in [4.69, 9.17) is 4.74 Å². The van der Waals surface area contributed by atoms with Gasteiger partial charge in [0.1, 0.15) is 5.56 Å². The van der Waals surface area contributed by atoms with E-state index in [2.05, 4.69) is 20.7 Å². The minimum atomic E-state index is -0.735. The summed E-state index contributed by atoms with van der Waals surface area (Å²) in [5, 5.41) is 0. The predicted octanol–water partition coefficient (Wildman–Crippen LogP) is 2.77. The summed E-state index contributed by atoms with van der Waals surface area (Å²) in [5.74, 6) is -1.40. The van der Waals surface area contributed by atoms with Crippen LogP contribution in [0, 0.1) is 5.82 Å². The number of halogens is 2. The van der Waals surface area contributed by atoms with Gasteiger partial charge in [-0.25, -0.2) is 9.18 Å². The highest BCUT2D eigenvalue weighted by molar-refractivity contribution is 9.10. The third-order valence-electron chi connectivity index (χ3n) is 1.75. The Labute approximate surface area is 95.3 Å². The van der Waals surface area contributed by atoms with Gasteiger partial charge >= 0.3 is 5.97 Å². The molecule has 0 aliphatic rings. The maximum Gasteiger partial charge on any atom is 0.342 e. The fraction of sp³-hybridized carbons (Fsp3) is 0.300. The molecular weight excluding hydrogens is 267 g/mol. The minimum Gasteiger partial charge on any atom is -0.491 e. The topological polar surface area (TPSA) is 35.5 Å². The summed E-state index contributed by atoms with van der Waals surface area (Å²) in [6, 6.07) is 3.00. The number of methoxy groups -OCH3 is 1. The van der Waals surface area contributed by atoms with Crippen LogP contribution in [0.15, 0.2) is 16.6 Å². The molecule has 0 radical (unpaired) electrons. The van der Waals surface area contributed by atoms with Crippen LogP contribution in [0.5, 0.6) is 5.75 Å². The van der Waals surface area contributed by atoms with E-state index in [1.807, 2.05) is 0 Å². The Kier molecular flexibility index (Phi) is 4.08. The van der Waals surface area contributed by atoms with Crippen LogP contribution in [0.1, 0.15) is 17.3 Å². The van der Waals surface area contributed by atoms with Gasteiger partial charge in [-0.3, -0.25) is 0 Å². The number of benzene rings is 1. The van der Waals surface area contributed by atoms with Gasteiger partial charge in [-0.05, 0) is 35.0 Å². The maximum absolute atomic E-state index is 13.7. The van der Waals surface area contributed by atoms with Crippen LogP contribution in [0.25, 0.3) is 0 Å². The van der Waals surface area contributed by atoms with Gasteiger partial charge in [0.25, 0.3) is 0 Å². The van der Waals surface area contributed by atoms with Gasteiger partial charge in [-0.15, -0.1) is 0 Å². The molecule has 0 atom stereocenters. The first-order chi connectivity index (χ1) is 7.11. The van der Waals surface area contributed by atoms with Crippen LogP contribution in [0.4, 0.5) is 4.39 Å². The number of hydrogen-bond acceptors (Lipinski definition) is 3. The van der Waals surface area contributed by atoms with E-state index in [1.165, 1.54) is 13.2 Å². The van der Waals surface area contributed by atoms with Gasteiger partial charge < -0.3 is 9.47 Å². The van der Waals surface area contributed by atoms with Gasteiger partial charge in [0.15, 0.2) is 11.6 Å². The lowest BCUT2D eigenvalue weighted by Gasteiger charge is -2.09. The Morgan fingerprint density at radius 2 is 2.20 bits per heavy atom. The van der Waals surface area contributed by atoms with Crippen molar-refractivity contribution in [3.05, 3.63) is 28.0 Å². The van der Waals surface area contributed by atoms with Crippen molar-refractivity contribution in [2.45, 2.75) is 6.92 Å². The highest BCUT2D eigenvalue weighted by Crippen LogP contribution is 2.28. The molecule has 0 aliphatic heterocycles. The molecule has 1 rings (SSSR count). The smallest absolute Gasteiger partial charge is 0.342 e. The molecule has 15 heavy (non-hydrogen) atoms. The van der Waals surface area contributed by atoms with E-state index < -0.39 is 11.8 Å². The Bertz CT molecular complexity index is 379. The van der Waals surface area contributed by atoms with Gasteiger partial charge in [0.2, 0.25) is 0 Å². The van der Waals surface area contributed by atoms with Crippen molar-refractivity contribution < 1.29 is 18.7 Å². The lowest BCUT2D eigenvalue weighted by Crippen LogP contribution is -2.07. The van der Waals surface area contributed by atoms with E-state index in [0.717, 1.165) is 0 Å². The monoisotopic (exact) mass is 276 g/mol. The molecule has 1 aromatic carbocycles. The average Bonchev–Trinajstić information content (AvgIpc) is 2.22. The molecule has 0 aliphatic carbocycles. The fourth-order valence-corrected chi connectivity index (χ4v) is 1.56. The number of ether oxygens (including phenoxy) is 2. The maximum atomic E-state index is 13.7. The molecule has 3 nitrogen and oxygen atoms in total. The highest BCUT2D eigenvalue weighted by atomic mass is 79.9. The molecule has 0 spiro atoms. The van der Waals surface area contributed by atoms with Crippen molar-refractivity contribution in [3.63, 3.8) is 0 Å². The number of rotatable bonds is 3. The Morgan fingerprint density at radius 1 is 1.53 bits per heavy atom. The van der Waals surface area contributed by atoms with Crippen LogP contribution in [0.2, 0.25) is 0 Å². The summed E-state index contributed by atoms with van der Waals surface area (Å²) in [6.45, 7) is 2.07. The molecule has 5 heteroatoms. The summed E-state index contributed by atoms with van der Waals surface area (Å²) in [4.78, 5) is 11.3. The third kappa shape index (κ3) is 2.47. The van der Waals surface area contributed by atoms with Crippen molar-refractivity contribution in [2.75, 3.05) is 13.7 Å². The van der Waals surface area contributed by atoms with Crippen LogP contribution < -0.4 is 4.74 Å². The third-order valence-corrected chi connectivity index (χ3v) is 2.41. The molecule has 82 valence electrons. The quantitative estimate of drug-likeness (QED) is 0.797. The minimum absolute atomic E-state index is 0.0427. The normalized spacial score (nSPS) is 9.87. The molecule has 0 fully saturated rings. The average molecular weight is 277 g/mol. The van der Waals surface area contributed by atoms with E-state index >= 15 is 0 Å². The largest absolute Gasteiger partial charge is 0.491 e. The zero-order valence-electron chi connectivity index (χ0n) is 8.34. The van der Waals surface area contributed by atoms with Crippen molar-refractivity contribution in [1.82, 2.24) is 0 Å². The van der Waals surface area contributed by atoms with Crippen LogP contribution in [0.3, 0.4) is 0 Å². The van der Waals surface area contributed by atoms with Gasteiger partial charge in [0.05, 0.1) is 13.7 Å². The molecule has 0 aromatic heterocycles. The van der Waals surface area contributed by atoms with Crippen LogP contribution in [-0.2, 0) is 4.74 Å². The molecule has 0 bridgehead atoms. The van der Waals surface area contributed by atoms with Crippen molar-refractivity contribution in [2.24, 2.45) is 0 Å². The first-order valence-electron chi connectivity index (χ1n) is 4.31. The first kappa shape index (κ1) is 12.0. The molecular formula is C10H10BrFO3. The second-order valence-electron chi connectivity index (χ2n) is 2.66. The molecule has 0 unspecified atom stereocenters. The van der Waals surface area contributed by atoms with E-state index in [-0.39, 0.29) is 11.3 Å². The van der Waals surface area contributed by atoms with E-state index in [0.29, 0.717) is 11.1 Å². The lowest BCUT2D eigenvalue weighted by atomic mass is 10.2. The number of esters is 1. The zero-order valence-corrected chi connectivity index (χ0v) is 9.93. The Hall–Kier alpha value is -1.10. The second-order valence-corrected chi connectivity index (χ2v) is 3.51. The lowest BCUT2D eigenvalue weighted by molar-refractivity contribution is 0.0593. The summed E-state index contributed by atoms with van der Waals surface area (Å²) < 4.78 is 23.5. The Balaban J connectivity index is 3.23. The fourth-order valence-electron chi connectivity index (χ4n) is 1.09. The van der Waals surface area contributed by atoms with Crippen molar-refractivity contribution >= 4 is 21.9 Å². The first-order valence-corrected chi connectivity index (χ1v) is 5.10. The van der Waals surface area contributed by atoms with Crippen molar-refractivity contribution in [1.29, 1.82) is 0 Å². The molecule has 0 heterocycles. The number of carbonyl (C=O) groups excluding carboxylic acids is 1. The molecule has 0 saturated heterocycles. The van der Waals surface area contributed by atoms with Crippen LogP contribution >= 0.6 is 15.9 Å². The van der Waals surface area contributed by atoms with Crippen LogP contribution in [-0.4, -0.2) is 19.7 Å². The van der Waals surface area contributed by atoms with Crippen molar-refractivity contribution in [3.8, 4) is 5.75 Å². The standard InChI is InChI=1S/C10H10BrFO3/c1-3-15-7-5-4-6(11)8(9(7)12)10(13)14-2/h4-5H,3H2,1-2H3. The Morgan fingerprint density at radius 3 is 2.73 bits per heavy atom.